The SMILES string of the molecule is O=C(Nc1ccc(-c2ccccc2)cc1)N1CCc2c([nH]c3ccccc23)C1. The van der Waals surface area contributed by atoms with Crippen LogP contribution in [0.4, 0.5) is 10.5 Å². The number of fused-ring (bicyclic) bond motifs is 3. The smallest absolute Gasteiger partial charge is 0.322 e. The molecule has 28 heavy (non-hydrogen) atoms. The van der Waals surface area contributed by atoms with Gasteiger partial charge in [0.05, 0.1) is 6.54 Å². The molecule has 4 aromatic rings. The van der Waals surface area contributed by atoms with Gasteiger partial charge in [0.15, 0.2) is 0 Å². The Kier molecular flexibility index (Phi) is 4.09. The van der Waals surface area contributed by atoms with Crippen LogP contribution in [0, 0.1) is 0 Å². The summed E-state index contributed by atoms with van der Waals surface area (Å²) in [4.78, 5) is 18.1. The average Bonchev–Trinajstić information content (AvgIpc) is 3.13. The van der Waals surface area contributed by atoms with E-state index in [1.54, 1.807) is 0 Å². The topological polar surface area (TPSA) is 48.1 Å². The number of hydrogen-bond acceptors (Lipinski definition) is 1. The maximum atomic E-state index is 12.7. The number of nitrogens with zero attached hydrogens (tertiary/aromatic N) is 1. The molecule has 0 saturated heterocycles. The van der Waals surface area contributed by atoms with Crippen LogP contribution in [0.3, 0.4) is 0 Å². The lowest BCUT2D eigenvalue weighted by Crippen LogP contribution is -2.38. The van der Waals surface area contributed by atoms with Crippen LogP contribution in [0.25, 0.3) is 22.0 Å². The van der Waals surface area contributed by atoms with Gasteiger partial charge < -0.3 is 15.2 Å². The minimum Gasteiger partial charge on any atom is -0.357 e. The number of H-pyrrole nitrogens is 1. The van der Waals surface area contributed by atoms with Crippen molar-refractivity contribution in [1.82, 2.24) is 9.88 Å². The van der Waals surface area contributed by atoms with E-state index < -0.39 is 0 Å². The van der Waals surface area contributed by atoms with E-state index in [2.05, 4.69) is 40.6 Å². The molecule has 2 amide bonds. The van der Waals surface area contributed by atoms with Crippen molar-refractivity contribution in [3.63, 3.8) is 0 Å². The minimum atomic E-state index is -0.0585. The maximum Gasteiger partial charge on any atom is 0.322 e. The summed E-state index contributed by atoms with van der Waals surface area (Å²) in [5, 5.41) is 4.30. The number of benzene rings is 3. The largest absolute Gasteiger partial charge is 0.357 e. The molecule has 2 heterocycles. The van der Waals surface area contributed by atoms with Crippen LogP contribution in [0.15, 0.2) is 78.9 Å². The zero-order chi connectivity index (χ0) is 18.9. The van der Waals surface area contributed by atoms with Gasteiger partial charge in [-0.15, -0.1) is 0 Å². The molecule has 1 aliphatic rings. The zero-order valence-corrected chi connectivity index (χ0v) is 15.5. The molecule has 0 atom stereocenters. The van der Waals surface area contributed by atoms with E-state index in [1.165, 1.54) is 16.5 Å². The first-order chi connectivity index (χ1) is 13.8. The van der Waals surface area contributed by atoms with Crippen LogP contribution < -0.4 is 5.32 Å². The first-order valence-corrected chi connectivity index (χ1v) is 9.58. The maximum absolute atomic E-state index is 12.7. The Hall–Kier alpha value is -3.53. The number of carbonyl (C=O) groups is 1. The highest BCUT2D eigenvalue weighted by Gasteiger charge is 2.23. The minimum absolute atomic E-state index is 0.0585. The molecule has 1 aromatic heterocycles. The van der Waals surface area contributed by atoms with Crippen molar-refractivity contribution in [2.24, 2.45) is 0 Å². The number of amides is 2. The van der Waals surface area contributed by atoms with Crippen molar-refractivity contribution in [2.75, 3.05) is 11.9 Å². The van der Waals surface area contributed by atoms with Gasteiger partial charge in [0.1, 0.15) is 0 Å². The van der Waals surface area contributed by atoms with Crippen molar-refractivity contribution < 1.29 is 4.79 Å². The lowest BCUT2D eigenvalue weighted by Gasteiger charge is -2.27. The first kappa shape index (κ1) is 16.6. The molecule has 0 unspecified atom stereocenters. The third kappa shape index (κ3) is 3.03. The summed E-state index contributed by atoms with van der Waals surface area (Å²) in [6.07, 6.45) is 0.875. The normalized spacial score (nSPS) is 13.4. The van der Waals surface area contributed by atoms with Gasteiger partial charge in [-0.3, -0.25) is 0 Å². The van der Waals surface area contributed by atoms with Crippen LogP contribution in [0.5, 0.6) is 0 Å². The summed E-state index contributed by atoms with van der Waals surface area (Å²) < 4.78 is 0. The second-order valence-electron chi connectivity index (χ2n) is 7.17. The standard InChI is InChI=1S/C24H21N3O/c28-24(25-19-12-10-18(11-13-19)17-6-2-1-3-7-17)27-15-14-21-20-8-4-5-9-22(20)26-23(21)16-27/h1-13,26H,14-16H2,(H,25,28). The fourth-order valence-electron chi connectivity index (χ4n) is 3.95. The van der Waals surface area contributed by atoms with Gasteiger partial charge in [-0.2, -0.15) is 0 Å². The van der Waals surface area contributed by atoms with Crippen LogP contribution >= 0.6 is 0 Å². The van der Waals surface area contributed by atoms with E-state index in [4.69, 9.17) is 0 Å². The number of rotatable bonds is 2. The molecule has 0 radical (unpaired) electrons. The fourth-order valence-corrected chi connectivity index (χ4v) is 3.95. The van der Waals surface area contributed by atoms with Crippen LogP contribution in [-0.2, 0) is 13.0 Å². The van der Waals surface area contributed by atoms with Crippen molar-refractivity contribution in [2.45, 2.75) is 13.0 Å². The van der Waals surface area contributed by atoms with Crippen LogP contribution in [0.2, 0.25) is 0 Å². The molecule has 0 spiro atoms. The van der Waals surface area contributed by atoms with Crippen molar-refractivity contribution in [1.29, 1.82) is 0 Å². The highest BCUT2D eigenvalue weighted by molar-refractivity contribution is 5.91. The second-order valence-corrected chi connectivity index (χ2v) is 7.17. The fraction of sp³-hybridized carbons (Fsp3) is 0.125. The Morgan fingerprint density at radius 2 is 1.57 bits per heavy atom. The van der Waals surface area contributed by atoms with Crippen molar-refractivity contribution >= 4 is 22.6 Å². The molecule has 0 fully saturated rings. The third-order valence-corrected chi connectivity index (χ3v) is 5.41. The van der Waals surface area contributed by atoms with E-state index in [-0.39, 0.29) is 6.03 Å². The number of carbonyl (C=O) groups excluding carboxylic acids is 1. The Morgan fingerprint density at radius 1 is 0.857 bits per heavy atom. The van der Waals surface area contributed by atoms with Gasteiger partial charge in [-0.05, 0) is 41.3 Å². The highest BCUT2D eigenvalue weighted by Crippen LogP contribution is 2.28. The molecule has 2 N–H and O–H groups in total. The summed E-state index contributed by atoms with van der Waals surface area (Å²) in [7, 11) is 0. The number of hydrogen-bond donors (Lipinski definition) is 2. The molecule has 4 heteroatoms. The van der Waals surface area contributed by atoms with Gasteiger partial charge in [0.25, 0.3) is 0 Å². The van der Waals surface area contributed by atoms with Gasteiger partial charge >= 0.3 is 6.03 Å². The Labute approximate surface area is 163 Å². The highest BCUT2D eigenvalue weighted by atomic mass is 16.2. The molecule has 0 saturated carbocycles. The third-order valence-electron chi connectivity index (χ3n) is 5.41. The predicted octanol–water partition coefficient (Wildman–Crippen LogP) is 5.43. The lowest BCUT2D eigenvalue weighted by atomic mass is 10.0. The van der Waals surface area contributed by atoms with Gasteiger partial charge in [-0.1, -0.05) is 60.7 Å². The number of anilines is 1. The van der Waals surface area contributed by atoms with E-state index in [9.17, 15) is 4.79 Å². The Bertz CT molecular complexity index is 1130. The molecular formula is C24H21N3O. The van der Waals surface area contributed by atoms with Crippen LogP contribution in [0.1, 0.15) is 11.3 Å². The molecular weight excluding hydrogens is 346 g/mol. The zero-order valence-electron chi connectivity index (χ0n) is 15.5. The van der Waals surface area contributed by atoms with Crippen molar-refractivity contribution in [3.05, 3.63) is 90.1 Å². The first-order valence-electron chi connectivity index (χ1n) is 9.58. The summed E-state index contributed by atoms with van der Waals surface area (Å²) >= 11 is 0. The summed E-state index contributed by atoms with van der Waals surface area (Å²) in [5.74, 6) is 0. The van der Waals surface area contributed by atoms with Crippen molar-refractivity contribution in [3.8, 4) is 11.1 Å². The molecule has 0 aliphatic carbocycles. The molecule has 1 aliphatic heterocycles. The van der Waals surface area contributed by atoms with Gasteiger partial charge in [0.2, 0.25) is 0 Å². The second kappa shape index (κ2) is 6.89. The number of para-hydroxylation sites is 1. The number of aromatic nitrogens is 1. The molecule has 4 nitrogen and oxygen atoms in total. The molecule has 5 rings (SSSR count). The Balaban J connectivity index is 1.29. The lowest BCUT2D eigenvalue weighted by molar-refractivity contribution is 0.206. The van der Waals surface area contributed by atoms with E-state index in [0.29, 0.717) is 6.54 Å². The molecule has 138 valence electrons. The average molecular weight is 367 g/mol. The number of aromatic amines is 1. The monoisotopic (exact) mass is 367 g/mol. The summed E-state index contributed by atoms with van der Waals surface area (Å²) in [6, 6.07) is 26.5. The van der Waals surface area contributed by atoms with E-state index in [0.717, 1.165) is 35.4 Å². The Morgan fingerprint density at radius 3 is 2.39 bits per heavy atom. The molecule has 0 bridgehead atoms. The summed E-state index contributed by atoms with van der Waals surface area (Å²) in [5.41, 5.74) is 6.74. The number of urea groups is 1. The molecule has 3 aromatic carbocycles. The summed E-state index contributed by atoms with van der Waals surface area (Å²) in [6.45, 7) is 1.33. The van der Waals surface area contributed by atoms with E-state index >= 15 is 0 Å². The number of nitrogens with one attached hydrogen (secondary N) is 2. The van der Waals surface area contributed by atoms with Gasteiger partial charge in [0, 0.05) is 28.8 Å². The van der Waals surface area contributed by atoms with E-state index in [1.807, 2.05) is 53.4 Å². The van der Waals surface area contributed by atoms with Crippen LogP contribution in [-0.4, -0.2) is 22.5 Å². The predicted molar refractivity (Wildman–Crippen MR) is 113 cm³/mol. The van der Waals surface area contributed by atoms with Gasteiger partial charge in [-0.25, -0.2) is 4.79 Å². The quantitative estimate of drug-likeness (QED) is 0.488.